The van der Waals surface area contributed by atoms with Crippen LogP contribution in [0.1, 0.15) is 5.56 Å². The molecule has 6 nitrogen and oxygen atoms in total. The van der Waals surface area contributed by atoms with E-state index in [-0.39, 0.29) is 21.4 Å². The third kappa shape index (κ3) is 5.40. The molecule has 0 heterocycles. The Morgan fingerprint density at radius 3 is 2.40 bits per heavy atom. The summed E-state index contributed by atoms with van der Waals surface area (Å²) in [5.41, 5.74) is 1.41. The van der Waals surface area contributed by atoms with E-state index >= 15 is 0 Å². The molecular formula is C22H19ClN2O4S. The normalized spacial score (nSPS) is 11.3. The Kier molecular flexibility index (Phi) is 6.76. The number of anilines is 2. The van der Waals surface area contributed by atoms with Crippen LogP contribution in [0.3, 0.4) is 0 Å². The van der Waals surface area contributed by atoms with Gasteiger partial charge in [-0.25, -0.2) is 8.42 Å². The second-order valence-corrected chi connectivity index (χ2v) is 8.24. The minimum absolute atomic E-state index is 0.130. The monoisotopic (exact) mass is 442 g/mol. The molecule has 8 heteroatoms. The fourth-order valence-corrected chi connectivity index (χ4v) is 4.14. The van der Waals surface area contributed by atoms with Crippen LogP contribution >= 0.6 is 11.6 Å². The zero-order valence-corrected chi connectivity index (χ0v) is 17.6. The van der Waals surface area contributed by atoms with Gasteiger partial charge in [0.25, 0.3) is 10.0 Å². The predicted molar refractivity (Wildman–Crippen MR) is 119 cm³/mol. The van der Waals surface area contributed by atoms with Crippen LogP contribution in [0.2, 0.25) is 5.02 Å². The lowest BCUT2D eigenvalue weighted by Crippen LogP contribution is -2.15. The van der Waals surface area contributed by atoms with Crippen LogP contribution in [0.5, 0.6) is 5.75 Å². The lowest BCUT2D eigenvalue weighted by molar-refractivity contribution is -0.111. The van der Waals surface area contributed by atoms with E-state index < -0.39 is 15.9 Å². The summed E-state index contributed by atoms with van der Waals surface area (Å²) in [6.07, 6.45) is 3.03. The Labute approximate surface area is 180 Å². The minimum atomic E-state index is -4.02. The van der Waals surface area contributed by atoms with Crippen molar-refractivity contribution in [1.29, 1.82) is 0 Å². The van der Waals surface area contributed by atoms with E-state index in [9.17, 15) is 13.2 Å². The van der Waals surface area contributed by atoms with Crippen molar-refractivity contribution < 1.29 is 17.9 Å². The number of methoxy groups -OCH3 is 1. The molecule has 0 aliphatic rings. The molecule has 3 aromatic carbocycles. The van der Waals surface area contributed by atoms with Crippen LogP contribution < -0.4 is 14.8 Å². The highest BCUT2D eigenvalue weighted by Crippen LogP contribution is 2.30. The Hall–Kier alpha value is -3.29. The third-order valence-corrected chi connectivity index (χ3v) is 5.78. The molecule has 0 atom stereocenters. The van der Waals surface area contributed by atoms with Gasteiger partial charge in [0.1, 0.15) is 10.6 Å². The number of halogens is 1. The smallest absolute Gasteiger partial charge is 0.265 e. The van der Waals surface area contributed by atoms with E-state index in [1.807, 2.05) is 30.3 Å². The zero-order chi connectivity index (χ0) is 21.6. The molecule has 0 spiro atoms. The first-order chi connectivity index (χ1) is 14.4. The summed E-state index contributed by atoms with van der Waals surface area (Å²) >= 11 is 6.05. The standard InChI is InChI=1S/C22H19ClN2O4S/c1-29-20-13-12-17(24-22(26)14-11-16-7-3-2-4-8-16)15-21(20)30(27,28)25-19-10-6-5-9-18(19)23/h2-15,25H,1H3,(H,24,26)/b14-11+. The van der Waals surface area contributed by atoms with Crippen LogP contribution in [0, 0.1) is 0 Å². The van der Waals surface area contributed by atoms with Gasteiger partial charge in [0.15, 0.2) is 0 Å². The van der Waals surface area contributed by atoms with Gasteiger partial charge in [0, 0.05) is 11.8 Å². The quantitative estimate of drug-likeness (QED) is 0.514. The average Bonchev–Trinajstić information content (AvgIpc) is 2.74. The SMILES string of the molecule is COc1ccc(NC(=O)/C=C/c2ccccc2)cc1S(=O)(=O)Nc1ccccc1Cl. The molecule has 0 unspecified atom stereocenters. The Morgan fingerprint density at radius 2 is 1.70 bits per heavy atom. The van der Waals surface area contributed by atoms with Gasteiger partial charge in [-0.05, 0) is 42.0 Å². The van der Waals surface area contributed by atoms with Crippen molar-refractivity contribution >= 4 is 45.0 Å². The summed E-state index contributed by atoms with van der Waals surface area (Å²) in [5, 5.41) is 2.91. The van der Waals surface area contributed by atoms with Gasteiger partial charge in [-0.3, -0.25) is 9.52 Å². The maximum absolute atomic E-state index is 12.9. The first-order valence-electron chi connectivity index (χ1n) is 8.88. The van der Waals surface area contributed by atoms with Gasteiger partial charge < -0.3 is 10.1 Å². The Morgan fingerprint density at radius 1 is 1.00 bits per heavy atom. The molecule has 0 fully saturated rings. The topological polar surface area (TPSA) is 84.5 Å². The van der Waals surface area contributed by atoms with E-state index in [1.165, 1.54) is 25.3 Å². The summed E-state index contributed by atoms with van der Waals surface area (Å²) in [6.45, 7) is 0. The van der Waals surface area contributed by atoms with Crippen molar-refractivity contribution in [2.24, 2.45) is 0 Å². The number of carbonyl (C=O) groups excluding carboxylic acids is 1. The highest BCUT2D eigenvalue weighted by molar-refractivity contribution is 7.92. The number of ether oxygens (including phenoxy) is 1. The van der Waals surface area contributed by atoms with Crippen molar-refractivity contribution in [1.82, 2.24) is 0 Å². The maximum atomic E-state index is 12.9. The van der Waals surface area contributed by atoms with Gasteiger partial charge in [-0.15, -0.1) is 0 Å². The number of rotatable bonds is 7. The van der Waals surface area contributed by atoms with Crippen LogP contribution in [0.4, 0.5) is 11.4 Å². The number of hydrogen-bond donors (Lipinski definition) is 2. The molecule has 0 aromatic heterocycles. The van der Waals surface area contributed by atoms with Gasteiger partial charge in [0.05, 0.1) is 17.8 Å². The Bertz CT molecular complexity index is 1180. The number of amides is 1. The average molecular weight is 443 g/mol. The second-order valence-electron chi connectivity index (χ2n) is 6.18. The van der Waals surface area contributed by atoms with Crippen molar-refractivity contribution in [3.05, 3.63) is 89.5 Å². The van der Waals surface area contributed by atoms with Crippen molar-refractivity contribution in [3.63, 3.8) is 0 Å². The van der Waals surface area contributed by atoms with Crippen LogP contribution in [-0.2, 0) is 14.8 Å². The molecule has 3 rings (SSSR count). The lowest BCUT2D eigenvalue weighted by atomic mass is 10.2. The Balaban J connectivity index is 1.83. The van der Waals surface area contributed by atoms with Crippen molar-refractivity contribution in [3.8, 4) is 5.75 Å². The van der Waals surface area contributed by atoms with Gasteiger partial charge in [-0.1, -0.05) is 54.1 Å². The van der Waals surface area contributed by atoms with Crippen LogP contribution in [0.15, 0.2) is 83.8 Å². The van der Waals surface area contributed by atoms with Crippen molar-refractivity contribution in [2.45, 2.75) is 4.90 Å². The first-order valence-corrected chi connectivity index (χ1v) is 10.7. The molecule has 0 radical (unpaired) electrons. The molecule has 0 aliphatic heterocycles. The van der Waals surface area contributed by atoms with Gasteiger partial charge in [-0.2, -0.15) is 0 Å². The summed E-state index contributed by atoms with van der Waals surface area (Å²) in [7, 11) is -2.66. The molecule has 1 amide bonds. The number of sulfonamides is 1. The molecule has 0 aliphatic carbocycles. The highest BCUT2D eigenvalue weighted by atomic mass is 35.5. The van der Waals surface area contributed by atoms with E-state index in [2.05, 4.69) is 10.0 Å². The molecule has 0 saturated heterocycles. The summed E-state index contributed by atoms with van der Waals surface area (Å²) < 4.78 is 33.4. The molecule has 2 N–H and O–H groups in total. The molecule has 0 saturated carbocycles. The molecular weight excluding hydrogens is 424 g/mol. The number of benzene rings is 3. The molecule has 154 valence electrons. The molecule has 3 aromatic rings. The fourth-order valence-electron chi connectivity index (χ4n) is 2.63. The highest BCUT2D eigenvalue weighted by Gasteiger charge is 2.21. The lowest BCUT2D eigenvalue weighted by Gasteiger charge is -2.14. The number of para-hydroxylation sites is 1. The number of nitrogens with one attached hydrogen (secondary N) is 2. The van der Waals surface area contributed by atoms with E-state index in [4.69, 9.17) is 16.3 Å². The minimum Gasteiger partial charge on any atom is -0.495 e. The van der Waals surface area contributed by atoms with Crippen molar-refractivity contribution in [2.75, 3.05) is 17.1 Å². The molecule has 30 heavy (non-hydrogen) atoms. The van der Waals surface area contributed by atoms with E-state index in [1.54, 1.807) is 36.4 Å². The first kappa shape index (κ1) is 21.4. The summed E-state index contributed by atoms with van der Waals surface area (Å²) in [5.74, 6) is -0.265. The maximum Gasteiger partial charge on any atom is 0.265 e. The van der Waals surface area contributed by atoms with Gasteiger partial charge >= 0.3 is 0 Å². The summed E-state index contributed by atoms with van der Waals surface area (Å²) in [4.78, 5) is 12.1. The third-order valence-electron chi connectivity index (χ3n) is 4.07. The fraction of sp³-hybridized carbons (Fsp3) is 0.0455. The van der Waals surface area contributed by atoms with E-state index in [0.717, 1.165) is 5.56 Å². The second kappa shape index (κ2) is 9.47. The predicted octanol–water partition coefficient (Wildman–Crippen LogP) is 4.80. The van der Waals surface area contributed by atoms with Gasteiger partial charge in [0.2, 0.25) is 5.91 Å². The van der Waals surface area contributed by atoms with Crippen LogP contribution in [-0.4, -0.2) is 21.4 Å². The largest absolute Gasteiger partial charge is 0.495 e. The molecule has 0 bridgehead atoms. The number of hydrogen-bond acceptors (Lipinski definition) is 4. The van der Waals surface area contributed by atoms with Crippen LogP contribution in [0.25, 0.3) is 6.08 Å². The summed E-state index contributed by atoms with van der Waals surface area (Å²) in [6, 6.07) is 20.2. The number of carbonyl (C=O) groups is 1. The van der Waals surface area contributed by atoms with E-state index in [0.29, 0.717) is 5.69 Å². The zero-order valence-electron chi connectivity index (χ0n) is 16.0.